The molecule has 2 aliphatic carbocycles. The Balaban J connectivity index is 2.42. The number of allylic oxidation sites excluding steroid dienone is 2. The van der Waals surface area contributed by atoms with E-state index in [1.807, 2.05) is 0 Å². The molecule has 2 rings (SSSR count). The van der Waals surface area contributed by atoms with E-state index in [2.05, 4.69) is 27.4 Å². The zero-order chi connectivity index (χ0) is 10.5. The highest BCUT2D eigenvalue weighted by molar-refractivity contribution is 5.44. The van der Waals surface area contributed by atoms with E-state index in [9.17, 15) is 5.11 Å². The first-order chi connectivity index (χ1) is 6.43. The Kier molecular flexibility index (Phi) is 2.11. The fourth-order valence-corrected chi connectivity index (χ4v) is 2.83. The molecule has 0 aliphatic heterocycles. The maximum Gasteiger partial charge on any atom is 0.0812 e. The highest BCUT2D eigenvalue weighted by Crippen LogP contribution is 2.50. The van der Waals surface area contributed by atoms with Crippen LogP contribution in [-0.4, -0.2) is 11.2 Å². The molecule has 2 aliphatic rings. The lowest BCUT2D eigenvalue weighted by Gasteiger charge is -2.28. The van der Waals surface area contributed by atoms with Gasteiger partial charge in [-0.3, -0.25) is 0 Å². The van der Waals surface area contributed by atoms with Crippen LogP contribution < -0.4 is 0 Å². The van der Waals surface area contributed by atoms with Gasteiger partial charge in [0.15, 0.2) is 0 Å². The molecular formula is C13H20O. The van der Waals surface area contributed by atoms with Crippen molar-refractivity contribution in [2.75, 3.05) is 0 Å². The molecule has 1 N–H and O–H groups in total. The van der Waals surface area contributed by atoms with Crippen LogP contribution in [0.25, 0.3) is 0 Å². The van der Waals surface area contributed by atoms with E-state index in [1.165, 1.54) is 16.7 Å². The van der Waals surface area contributed by atoms with Crippen LogP contribution in [0.5, 0.6) is 0 Å². The van der Waals surface area contributed by atoms with Crippen LogP contribution >= 0.6 is 0 Å². The average molecular weight is 192 g/mol. The first-order valence-corrected chi connectivity index (χ1v) is 5.52. The van der Waals surface area contributed by atoms with Gasteiger partial charge in [-0.1, -0.05) is 32.9 Å². The molecule has 0 spiro atoms. The summed E-state index contributed by atoms with van der Waals surface area (Å²) >= 11 is 0. The van der Waals surface area contributed by atoms with Crippen molar-refractivity contribution in [3.05, 3.63) is 23.3 Å². The third-order valence-electron chi connectivity index (χ3n) is 3.85. The van der Waals surface area contributed by atoms with Crippen molar-refractivity contribution in [3.63, 3.8) is 0 Å². The average Bonchev–Trinajstić information content (AvgIpc) is 2.33. The molecule has 0 amide bonds. The maximum atomic E-state index is 10.2. The van der Waals surface area contributed by atoms with Gasteiger partial charge in [-0.25, -0.2) is 0 Å². The van der Waals surface area contributed by atoms with Gasteiger partial charge < -0.3 is 5.11 Å². The highest BCUT2D eigenvalue weighted by Gasteiger charge is 2.43. The van der Waals surface area contributed by atoms with Crippen LogP contribution in [0, 0.1) is 11.3 Å². The maximum absolute atomic E-state index is 10.2. The number of rotatable bonds is 0. The predicted molar refractivity (Wildman–Crippen MR) is 59.0 cm³/mol. The van der Waals surface area contributed by atoms with E-state index in [0.717, 1.165) is 19.3 Å². The summed E-state index contributed by atoms with van der Waals surface area (Å²) < 4.78 is 0. The van der Waals surface area contributed by atoms with Gasteiger partial charge in [-0.05, 0) is 41.7 Å². The molecule has 1 nitrogen and oxygen atoms in total. The summed E-state index contributed by atoms with van der Waals surface area (Å²) in [4.78, 5) is 0. The second kappa shape index (κ2) is 2.96. The van der Waals surface area contributed by atoms with Crippen molar-refractivity contribution in [1.82, 2.24) is 0 Å². The zero-order valence-electron chi connectivity index (χ0n) is 9.43. The van der Waals surface area contributed by atoms with Crippen LogP contribution in [0.3, 0.4) is 0 Å². The minimum absolute atomic E-state index is 0.0200. The van der Waals surface area contributed by atoms with Crippen molar-refractivity contribution in [1.29, 1.82) is 0 Å². The van der Waals surface area contributed by atoms with E-state index in [4.69, 9.17) is 0 Å². The van der Waals surface area contributed by atoms with Crippen molar-refractivity contribution < 1.29 is 5.11 Å². The quantitative estimate of drug-likeness (QED) is 0.625. The largest absolute Gasteiger partial charge is 0.388 e. The fourth-order valence-electron chi connectivity index (χ4n) is 2.83. The van der Waals surface area contributed by atoms with Gasteiger partial charge >= 0.3 is 0 Å². The molecule has 0 heterocycles. The molecule has 2 unspecified atom stereocenters. The van der Waals surface area contributed by atoms with E-state index in [-0.39, 0.29) is 11.5 Å². The van der Waals surface area contributed by atoms with Gasteiger partial charge in [0.25, 0.3) is 0 Å². The highest BCUT2D eigenvalue weighted by atomic mass is 16.3. The van der Waals surface area contributed by atoms with Crippen molar-refractivity contribution >= 4 is 0 Å². The Bertz CT molecular complexity index is 309. The van der Waals surface area contributed by atoms with Crippen molar-refractivity contribution in [2.45, 2.75) is 46.1 Å². The second-order valence-electron chi connectivity index (χ2n) is 5.55. The lowest BCUT2D eigenvalue weighted by Crippen LogP contribution is -2.27. The Morgan fingerprint density at radius 3 is 2.64 bits per heavy atom. The summed E-state index contributed by atoms with van der Waals surface area (Å²) in [5.74, 6) is 0.548. The lowest BCUT2D eigenvalue weighted by atomic mass is 9.81. The number of aliphatic hydroxyl groups excluding tert-OH is 1. The predicted octanol–water partition coefficient (Wildman–Crippen LogP) is 3.06. The van der Waals surface area contributed by atoms with Crippen LogP contribution in [0.15, 0.2) is 23.3 Å². The number of aliphatic hydroxyl groups is 1. The Hall–Kier alpha value is -0.560. The number of hydrogen-bond acceptors (Lipinski definition) is 1. The normalized spacial score (nSPS) is 36.1. The first kappa shape index (κ1) is 9.97. The molecule has 78 valence electrons. The molecule has 14 heavy (non-hydrogen) atoms. The Morgan fingerprint density at radius 2 is 2.07 bits per heavy atom. The summed E-state index contributed by atoms with van der Waals surface area (Å²) in [5.41, 5.74) is 3.95. The topological polar surface area (TPSA) is 20.2 Å². The third kappa shape index (κ3) is 1.26. The standard InChI is InChI=1S/C13H20O/c1-8-5-6-9(2)11-10(8)7-13(3,4)12(11)14/h9,12,14H,1,5-7H2,2-4H3. The summed E-state index contributed by atoms with van der Waals surface area (Å²) in [7, 11) is 0. The van der Waals surface area contributed by atoms with Crippen molar-refractivity contribution in [3.8, 4) is 0 Å². The lowest BCUT2D eigenvalue weighted by molar-refractivity contribution is 0.0900. The van der Waals surface area contributed by atoms with E-state index in [1.54, 1.807) is 0 Å². The summed E-state index contributed by atoms with van der Waals surface area (Å²) in [6.07, 6.45) is 3.03. The molecule has 0 fully saturated rings. The molecule has 1 heteroatoms. The van der Waals surface area contributed by atoms with Crippen LogP contribution in [0.1, 0.15) is 40.0 Å². The van der Waals surface area contributed by atoms with Crippen LogP contribution in [0.4, 0.5) is 0 Å². The molecular weight excluding hydrogens is 172 g/mol. The summed E-state index contributed by atoms with van der Waals surface area (Å²) in [5, 5.41) is 10.2. The van der Waals surface area contributed by atoms with Crippen molar-refractivity contribution in [2.24, 2.45) is 11.3 Å². The van der Waals surface area contributed by atoms with Gasteiger partial charge in [-0.2, -0.15) is 0 Å². The minimum atomic E-state index is -0.246. The molecule has 0 aromatic carbocycles. The molecule has 0 bridgehead atoms. The SMILES string of the molecule is C=C1CCC(C)C2=C1CC(C)(C)C2O. The van der Waals surface area contributed by atoms with Gasteiger partial charge in [0, 0.05) is 0 Å². The third-order valence-corrected chi connectivity index (χ3v) is 3.85. The molecule has 0 radical (unpaired) electrons. The van der Waals surface area contributed by atoms with E-state index < -0.39 is 0 Å². The molecule has 0 aromatic heterocycles. The van der Waals surface area contributed by atoms with Gasteiger partial charge in [0.05, 0.1) is 6.10 Å². The molecule has 0 aromatic rings. The molecule has 0 saturated carbocycles. The van der Waals surface area contributed by atoms with Crippen LogP contribution in [-0.2, 0) is 0 Å². The van der Waals surface area contributed by atoms with E-state index in [0.29, 0.717) is 5.92 Å². The van der Waals surface area contributed by atoms with Crippen LogP contribution in [0.2, 0.25) is 0 Å². The number of hydrogen-bond donors (Lipinski definition) is 1. The summed E-state index contributed by atoms with van der Waals surface area (Å²) in [6, 6.07) is 0. The Labute approximate surface area is 86.5 Å². The Morgan fingerprint density at radius 1 is 1.43 bits per heavy atom. The smallest absolute Gasteiger partial charge is 0.0812 e. The molecule has 2 atom stereocenters. The van der Waals surface area contributed by atoms with Gasteiger partial charge in [-0.15, -0.1) is 0 Å². The second-order valence-corrected chi connectivity index (χ2v) is 5.55. The minimum Gasteiger partial charge on any atom is -0.388 e. The zero-order valence-corrected chi connectivity index (χ0v) is 9.43. The van der Waals surface area contributed by atoms with E-state index >= 15 is 0 Å². The monoisotopic (exact) mass is 192 g/mol. The van der Waals surface area contributed by atoms with Gasteiger partial charge in [0.1, 0.15) is 0 Å². The van der Waals surface area contributed by atoms with Gasteiger partial charge in [0.2, 0.25) is 0 Å². The fraction of sp³-hybridized carbons (Fsp3) is 0.692. The molecule has 0 saturated heterocycles. The summed E-state index contributed by atoms with van der Waals surface area (Å²) in [6.45, 7) is 10.6. The first-order valence-electron chi connectivity index (χ1n) is 5.52.